The minimum atomic E-state index is 1.06. The van der Waals surface area contributed by atoms with Gasteiger partial charge in [0.05, 0.1) is 5.38 Å². The van der Waals surface area contributed by atoms with E-state index in [-0.39, 0.29) is 0 Å². The maximum Gasteiger partial charge on any atom is 0.0607 e. The Bertz CT molecular complexity index is 172. The first-order chi connectivity index (χ1) is 8.77. The molecule has 0 aliphatic carbocycles. The second kappa shape index (κ2) is 15.1. The monoisotopic (exact) mass is 271 g/mol. The van der Waals surface area contributed by atoms with Crippen LogP contribution in [0.1, 0.15) is 90.9 Å². The van der Waals surface area contributed by atoms with E-state index >= 15 is 0 Å². The standard InChI is InChI=1S/C17H32Cl/c1-3-4-5-6-7-8-9-10-11-12-13-14-15-16-17(2)18/h8-9H,3-7,10-16H2,1-2H3/b9-8-. The molecule has 0 fully saturated rings. The Morgan fingerprint density at radius 3 is 1.83 bits per heavy atom. The van der Waals surface area contributed by atoms with Crippen LogP contribution in [0.4, 0.5) is 0 Å². The van der Waals surface area contributed by atoms with Crippen molar-refractivity contribution in [3.05, 3.63) is 17.5 Å². The summed E-state index contributed by atoms with van der Waals surface area (Å²) in [5, 5.41) is 1.06. The minimum Gasteiger partial charge on any atom is -0.118 e. The van der Waals surface area contributed by atoms with Crippen LogP contribution >= 0.6 is 11.6 Å². The molecule has 0 bridgehead atoms. The van der Waals surface area contributed by atoms with Crippen molar-refractivity contribution in [2.45, 2.75) is 90.9 Å². The second-order valence-corrected chi connectivity index (χ2v) is 5.95. The first kappa shape index (κ1) is 18.0. The molecule has 0 atom stereocenters. The maximum absolute atomic E-state index is 5.83. The van der Waals surface area contributed by atoms with Gasteiger partial charge in [-0.2, -0.15) is 0 Å². The molecule has 0 aromatic carbocycles. The van der Waals surface area contributed by atoms with E-state index in [2.05, 4.69) is 19.1 Å². The lowest BCUT2D eigenvalue weighted by Gasteiger charge is -2.01. The fraction of sp³-hybridized carbons (Fsp3) is 0.824. The third kappa shape index (κ3) is 16.0. The molecule has 0 rings (SSSR count). The van der Waals surface area contributed by atoms with Crippen molar-refractivity contribution >= 4 is 11.6 Å². The third-order valence-electron chi connectivity index (χ3n) is 3.28. The van der Waals surface area contributed by atoms with Crippen LogP contribution in [0.5, 0.6) is 0 Å². The van der Waals surface area contributed by atoms with Crippen molar-refractivity contribution < 1.29 is 0 Å². The molecule has 107 valence electrons. The van der Waals surface area contributed by atoms with Crippen molar-refractivity contribution in [2.75, 3.05) is 0 Å². The summed E-state index contributed by atoms with van der Waals surface area (Å²) in [5.41, 5.74) is 0. The summed E-state index contributed by atoms with van der Waals surface area (Å²) in [5.74, 6) is 0. The molecule has 0 saturated heterocycles. The van der Waals surface area contributed by atoms with E-state index in [1.807, 2.05) is 6.92 Å². The molecule has 0 N–H and O–H groups in total. The lowest BCUT2D eigenvalue weighted by Crippen LogP contribution is -1.83. The van der Waals surface area contributed by atoms with Crippen molar-refractivity contribution in [1.29, 1.82) is 0 Å². The Morgan fingerprint density at radius 2 is 1.28 bits per heavy atom. The van der Waals surface area contributed by atoms with Gasteiger partial charge in [-0.05, 0) is 39.0 Å². The van der Waals surface area contributed by atoms with Gasteiger partial charge < -0.3 is 0 Å². The summed E-state index contributed by atoms with van der Waals surface area (Å²) in [6.45, 7) is 4.27. The normalized spacial score (nSPS) is 11.8. The Balaban J connectivity index is 3.04. The SMILES string of the molecule is CCCCCC/C=C\CCCCCCC[C](C)Cl. The highest BCUT2D eigenvalue weighted by atomic mass is 35.5. The van der Waals surface area contributed by atoms with E-state index in [0.29, 0.717) is 0 Å². The van der Waals surface area contributed by atoms with Gasteiger partial charge in [-0.15, -0.1) is 11.6 Å². The van der Waals surface area contributed by atoms with Gasteiger partial charge in [0.15, 0.2) is 0 Å². The fourth-order valence-electron chi connectivity index (χ4n) is 2.09. The van der Waals surface area contributed by atoms with Crippen LogP contribution in [0.2, 0.25) is 0 Å². The van der Waals surface area contributed by atoms with Crippen LogP contribution in [-0.4, -0.2) is 0 Å². The zero-order valence-corrected chi connectivity index (χ0v) is 13.3. The number of hydrogen-bond donors (Lipinski definition) is 0. The maximum atomic E-state index is 5.83. The number of halogens is 1. The minimum absolute atomic E-state index is 1.06. The summed E-state index contributed by atoms with van der Waals surface area (Å²) >= 11 is 5.83. The summed E-state index contributed by atoms with van der Waals surface area (Å²) in [4.78, 5) is 0. The number of allylic oxidation sites excluding steroid dienone is 2. The molecule has 0 nitrogen and oxygen atoms in total. The highest BCUT2D eigenvalue weighted by Gasteiger charge is 1.96. The van der Waals surface area contributed by atoms with E-state index in [4.69, 9.17) is 11.6 Å². The second-order valence-electron chi connectivity index (χ2n) is 5.30. The zero-order chi connectivity index (χ0) is 13.5. The van der Waals surface area contributed by atoms with Crippen LogP contribution in [-0.2, 0) is 0 Å². The smallest absolute Gasteiger partial charge is 0.0607 e. The summed E-state index contributed by atoms with van der Waals surface area (Å²) in [7, 11) is 0. The van der Waals surface area contributed by atoms with E-state index in [1.54, 1.807) is 0 Å². The molecule has 0 amide bonds. The van der Waals surface area contributed by atoms with Crippen LogP contribution < -0.4 is 0 Å². The number of unbranched alkanes of at least 4 members (excludes halogenated alkanes) is 9. The molecule has 0 unspecified atom stereocenters. The molecule has 0 aromatic heterocycles. The summed E-state index contributed by atoms with van der Waals surface area (Å²) < 4.78 is 0. The van der Waals surface area contributed by atoms with Gasteiger partial charge in [0.1, 0.15) is 0 Å². The highest BCUT2D eigenvalue weighted by Crippen LogP contribution is 2.16. The Kier molecular flexibility index (Phi) is 15.1. The number of hydrogen-bond acceptors (Lipinski definition) is 0. The molecular formula is C17H32Cl. The Hall–Kier alpha value is 0.0300. The van der Waals surface area contributed by atoms with Crippen molar-refractivity contribution in [2.24, 2.45) is 0 Å². The predicted molar refractivity (Wildman–Crippen MR) is 85.0 cm³/mol. The van der Waals surface area contributed by atoms with Gasteiger partial charge in [0.25, 0.3) is 0 Å². The van der Waals surface area contributed by atoms with Crippen molar-refractivity contribution in [3.63, 3.8) is 0 Å². The molecule has 1 radical (unpaired) electrons. The van der Waals surface area contributed by atoms with Crippen molar-refractivity contribution in [1.82, 2.24) is 0 Å². The van der Waals surface area contributed by atoms with Crippen molar-refractivity contribution in [3.8, 4) is 0 Å². The van der Waals surface area contributed by atoms with Crippen LogP contribution in [0.15, 0.2) is 12.2 Å². The van der Waals surface area contributed by atoms with E-state index in [0.717, 1.165) is 11.8 Å². The molecular weight excluding hydrogens is 240 g/mol. The van der Waals surface area contributed by atoms with Gasteiger partial charge in [-0.3, -0.25) is 0 Å². The van der Waals surface area contributed by atoms with Gasteiger partial charge in [-0.25, -0.2) is 0 Å². The van der Waals surface area contributed by atoms with E-state index < -0.39 is 0 Å². The molecule has 0 saturated carbocycles. The van der Waals surface area contributed by atoms with Crippen LogP contribution in [0.3, 0.4) is 0 Å². The fourth-order valence-corrected chi connectivity index (χ4v) is 2.22. The first-order valence-corrected chi connectivity index (χ1v) is 8.28. The molecule has 0 heterocycles. The largest absolute Gasteiger partial charge is 0.118 e. The topological polar surface area (TPSA) is 0 Å². The van der Waals surface area contributed by atoms with Gasteiger partial charge in [-0.1, -0.05) is 64.0 Å². The molecule has 18 heavy (non-hydrogen) atoms. The van der Waals surface area contributed by atoms with Gasteiger partial charge in [0.2, 0.25) is 0 Å². The van der Waals surface area contributed by atoms with Gasteiger partial charge in [0, 0.05) is 0 Å². The third-order valence-corrected chi connectivity index (χ3v) is 3.47. The molecule has 0 spiro atoms. The summed E-state index contributed by atoms with van der Waals surface area (Å²) in [6.07, 6.45) is 20.6. The molecule has 0 aromatic rings. The predicted octanol–water partition coefficient (Wildman–Crippen LogP) is 7.03. The van der Waals surface area contributed by atoms with Crippen LogP contribution in [0, 0.1) is 5.38 Å². The van der Waals surface area contributed by atoms with E-state index in [9.17, 15) is 0 Å². The highest BCUT2D eigenvalue weighted by molar-refractivity contribution is 6.26. The summed E-state index contributed by atoms with van der Waals surface area (Å²) in [6, 6.07) is 0. The molecule has 0 aliphatic heterocycles. The van der Waals surface area contributed by atoms with E-state index in [1.165, 1.54) is 70.6 Å². The zero-order valence-electron chi connectivity index (χ0n) is 12.5. The lowest BCUT2D eigenvalue weighted by molar-refractivity contribution is 0.611. The average Bonchev–Trinajstić information content (AvgIpc) is 2.34. The van der Waals surface area contributed by atoms with Gasteiger partial charge >= 0.3 is 0 Å². The number of rotatable bonds is 13. The quantitative estimate of drug-likeness (QED) is 0.249. The molecule has 0 aliphatic rings. The average molecular weight is 272 g/mol. The Labute approximate surface area is 120 Å². The Morgan fingerprint density at radius 1 is 0.778 bits per heavy atom. The van der Waals surface area contributed by atoms with Crippen LogP contribution in [0.25, 0.3) is 0 Å². The molecule has 1 heteroatoms. The first-order valence-electron chi connectivity index (χ1n) is 7.90. The lowest BCUT2D eigenvalue weighted by atomic mass is 10.1.